The fraction of sp³-hybridized carbons (Fsp3) is 0.0714. The fourth-order valence-electron chi connectivity index (χ4n) is 2.15. The van der Waals surface area contributed by atoms with Crippen molar-refractivity contribution in [2.45, 2.75) is 0 Å². The van der Waals surface area contributed by atoms with Crippen molar-refractivity contribution < 1.29 is 5.11 Å². The molecule has 3 nitrogen and oxygen atoms in total. The number of hydrogen-bond acceptors (Lipinski definition) is 2. The van der Waals surface area contributed by atoms with Crippen molar-refractivity contribution in [3.05, 3.63) is 41.9 Å². The molecule has 0 aliphatic rings. The summed E-state index contributed by atoms with van der Waals surface area (Å²) in [5.74, 6) is 1.05. The first-order valence-corrected chi connectivity index (χ1v) is 8.73. The third kappa shape index (κ3) is 2.45. The van der Waals surface area contributed by atoms with Gasteiger partial charge in [-0.25, -0.2) is 4.98 Å². The van der Waals surface area contributed by atoms with Crippen LogP contribution in [0.15, 0.2) is 34.8 Å². The van der Waals surface area contributed by atoms with Gasteiger partial charge in [0.1, 0.15) is 11.6 Å². The van der Waals surface area contributed by atoms with Crippen LogP contribution in [0.3, 0.4) is 0 Å². The molecular formula is C14H9BrI2N2O. The van der Waals surface area contributed by atoms with Crippen molar-refractivity contribution in [2.75, 3.05) is 0 Å². The predicted molar refractivity (Wildman–Crippen MR) is 101 cm³/mol. The predicted octanol–water partition coefficient (Wildman–Crippen LogP) is 4.92. The van der Waals surface area contributed by atoms with Crippen LogP contribution in [0, 0.1) is 7.14 Å². The van der Waals surface area contributed by atoms with Gasteiger partial charge in [-0.3, -0.25) is 0 Å². The van der Waals surface area contributed by atoms with Gasteiger partial charge in [-0.15, -0.1) is 0 Å². The van der Waals surface area contributed by atoms with E-state index in [0.717, 1.165) is 34.0 Å². The number of halogens is 3. The average molecular weight is 555 g/mol. The minimum atomic E-state index is 0.281. The van der Waals surface area contributed by atoms with Crippen molar-refractivity contribution in [1.29, 1.82) is 0 Å². The van der Waals surface area contributed by atoms with Crippen LogP contribution in [0.25, 0.3) is 22.4 Å². The number of phenolic OH excluding ortho intramolecular Hbond substituents is 1. The molecule has 2 aromatic carbocycles. The summed E-state index contributed by atoms with van der Waals surface area (Å²) < 4.78 is 4.91. The van der Waals surface area contributed by atoms with Gasteiger partial charge in [0.2, 0.25) is 0 Å². The lowest BCUT2D eigenvalue weighted by Gasteiger charge is -2.07. The van der Waals surface area contributed by atoms with Gasteiger partial charge in [0.05, 0.1) is 20.2 Å². The molecule has 0 saturated carbocycles. The normalized spacial score (nSPS) is 11.2. The van der Waals surface area contributed by atoms with Crippen LogP contribution >= 0.6 is 61.1 Å². The minimum Gasteiger partial charge on any atom is -0.506 e. The van der Waals surface area contributed by atoms with Crippen LogP contribution in [0.2, 0.25) is 0 Å². The quantitative estimate of drug-likeness (QED) is 0.434. The third-order valence-corrected chi connectivity index (χ3v) is 5.05. The minimum absolute atomic E-state index is 0.281. The number of fused-ring (bicyclic) bond motifs is 1. The number of aromatic nitrogens is 2. The van der Waals surface area contributed by atoms with E-state index in [0.29, 0.717) is 0 Å². The molecule has 0 saturated heterocycles. The molecule has 1 N–H and O–H groups in total. The molecule has 0 aliphatic heterocycles. The van der Waals surface area contributed by atoms with Crippen molar-refractivity contribution in [1.82, 2.24) is 9.55 Å². The standard InChI is InChI=1S/C14H9BrI2N2O/c1-19-12-3-2-7(15)4-11(12)18-14(19)9-5-8(16)6-10(17)13(9)20/h2-6,20H,1H3. The maximum atomic E-state index is 10.3. The number of imidazole rings is 1. The lowest BCUT2D eigenvalue weighted by atomic mass is 10.2. The lowest BCUT2D eigenvalue weighted by molar-refractivity contribution is 0.472. The van der Waals surface area contributed by atoms with E-state index in [1.165, 1.54) is 0 Å². The summed E-state index contributed by atoms with van der Waals surface area (Å²) in [7, 11) is 1.96. The Morgan fingerprint density at radius 3 is 2.70 bits per heavy atom. The molecule has 0 radical (unpaired) electrons. The van der Waals surface area contributed by atoms with Crippen LogP contribution in [-0.4, -0.2) is 14.7 Å². The molecule has 6 heteroatoms. The van der Waals surface area contributed by atoms with Gasteiger partial charge in [0.25, 0.3) is 0 Å². The fourth-order valence-corrected chi connectivity index (χ4v) is 4.34. The third-order valence-electron chi connectivity index (χ3n) is 3.11. The van der Waals surface area contributed by atoms with Gasteiger partial charge < -0.3 is 9.67 Å². The molecule has 3 rings (SSSR count). The van der Waals surface area contributed by atoms with E-state index in [4.69, 9.17) is 0 Å². The Morgan fingerprint density at radius 1 is 1.20 bits per heavy atom. The Balaban J connectivity index is 2.32. The zero-order valence-corrected chi connectivity index (χ0v) is 16.3. The monoisotopic (exact) mass is 554 g/mol. The maximum absolute atomic E-state index is 10.3. The number of nitrogens with zero attached hydrogens (tertiary/aromatic N) is 2. The summed E-state index contributed by atoms with van der Waals surface area (Å²) in [5.41, 5.74) is 2.71. The molecule has 0 spiro atoms. The Kier molecular flexibility index (Phi) is 3.97. The molecule has 0 atom stereocenters. The van der Waals surface area contributed by atoms with Gasteiger partial charge >= 0.3 is 0 Å². The zero-order valence-electron chi connectivity index (χ0n) is 10.4. The molecule has 3 aromatic rings. The molecule has 0 unspecified atom stereocenters. The highest BCUT2D eigenvalue weighted by Crippen LogP contribution is 2.35. The van der Waals surface area contributed by atoms with E-state index < -0.39 is 0 Å². The van der Waals surface area contributed by atoms with Gasteiger partial charge in [0, 0.05) is 15.1 Å². The maximum Gasteiger partial charge on any atom is 0.144 e. The second-order valence-corrected chi connectivity index (χ2v) is 7.73. The lowest BCUT2D eigenvalue weighted by Crippen LogP contribution is -1.94. The number of benzene rings is 2. The van der Waals surface area contributed by atoms with E-state index in [-0.39, 0.29) is 5.75 Å². The van der Waals surface area contributed by atoms with E-state index in [2.05, 4.69) is 66.1 Å². The van der Waals surface area contributed by atoms with Crippen LogP contribution in [0.5, 0.6) is 5.75 Å². The summed E-state index contributed by atoms with van der Waals surface area (Å²) >= 11 is 7.85. The Hall–Kier alpha value is -0.350. The van der Waals surface area contributed by atoms with E-state index in [1.54, 1.807) is 0 Å². The molecule has 0 aliphatic carbocycles. The van der Waals surface area contributed by atoms with Crippen molar-refractivity contribution in [3.8, 4) is 17.1 Å². The van der Waals surface area contributed by atoms with Crippen LogP contribution < -0.4 is 0 Å². The first kappa shape index (κ1) is 14.6. The van der Waals surface area contributed by atoms with Gasteiger partial charge in [-0.1, -0.05) is 15.9 Å². The summed E-state index contributed by atoms with van der Waals surface area (Å²) in [6, 6.07) is 9.89. The van der Waals surface area contributed by atoms with Gasteiger partial charge in [0.15, 0.2) is 0 Å². The first-order chi connectivity index (χ1) is 9.47. The first-order valence-electron chi connectivity index (χ1n) is 5.77. The molecule has 0 fully saturated rings. The van der Waals surface area contributed by atoms with Crippen LogP contribution in [-0.2, 0) is 7.05 Å². The van der Waals surface area contributed by atoms with Crippen LogP contribution in [0.4, 0.5) is 0 Å². The van der Waals surface area contributed by atoms with E-state index in [9.17, 15) is 5.11 Å². The zero-order chi connectivity index (χ0) is 14.4. The number of hydrogen-bond donors (Lipinski definition) is 1. The van der Waals surface area contributed by atoms with Gasteiger partial charge in [-0.2, -0.15) is 0 Å². The number of phenols is 1. The van der Waals surface area contributed by atoms with Crippen LogP contribution in [0.1, 0.15) is 0 Å². The molecule has 102 valence electrons. The second kappa shape index (κ2) is 5.45. The number of aryl methyl sites for hydroxylation is 1. The molecule has 0 amide bonds. The number of aromatic hydroxyl groups is 1. The average Bonchev–Trinajstić information content (AvgIpc) is 2.70. The Morgan fingerprint density at radius 2 is 1.95 bits per heavy atom. The molecule has 20 heavy (non-hydrogen) atoms. The van der Waals surface area contributed by atoms with E-state index in [1.807, 2.05) is 41.9 Å². The van der Waals surface area contributed by atoms with Crippen molar-refractivity contribution >= 4 is 72.1 Å². The molecule has 1 heterocycles. The molecule has 0 bridgehead atoms. The second-order valence-electron chi connectivity index (χ2n) is 4.41. The largest absolute Gasteiger partial charge is 0.506 e. The smallest absolute Gasteiger partial charge is 0.144 e. The SMILES string of the molecule is Cn1c(-c2cc(I)cc(I)c2O)nc2cc(Br)ccc21. The highest BCUT2D eigenvalue weighted by Gasteiger charge is 2.16. The van der Waals surface area contributed by atoms with E-state index >= 15 is 0 Å². The number of rotatable bonds is 1. The Bertz CT molecular complexity index is 830. The van der Waals surface area contributed by atoms with Crippen molar-refractivity contribution in [3.63, 3.8) is 0 Å². The summed E-state index contributed by atoms with van der Waals surface area (Å²) in [6.45, 7) is 0. The summed E-state index contributed by atoms with van der Waals surface area (Å²) in [5, 5.41) is 10.3. The summed E-state index contributed by atoms with van der Waals surface area (Å²) in [4.78, 5) is 4.65. The van der Waals surface area contributed by atoms with Crippen molar-refractivity contribution in [2.24, 2.45) is 7.05 Å². The summed E-state index contributed by atoms with van der Waals surface area (Å²) in [6.07, 6.45) is 0. The molecule has 1 aromatic heterocycles. The topological polar surface area (TPSA) is 38.0 Å². The highest BCUT2D eigenvalue weighted by atomic mass is 127. The highest BCUT2D eigenvalue weighted by molar-refractivity contribution is 14.1. The molecular weight excluding hydrogens is 546 g/mol. The van der Waals surface area contributed by atoms with Gasteiger partial charge in [-0.05, 0) is 75.5 Å². The Labute approximate surface area is 151 Å².